The van der Waals surface area contributed by atoms with Crippen LogP contribution in [-0.4, -0.2) is 41.2 Å². The van der Waals surface area contributed by atoms with Crippen LogP contribution in [0.3, 0.4) is 0 Å². The van der Waals surface area contributed by atoms with Gasteiger partial charge in [0.15, 0.2) is 0 Å². The zero-order valence-corrected chi connectivity index (χ0v) is 13.2. The van der Waals surface area contributed by atoms with E-state index in [2.05, 4.69) is 0 Å². The minimum Gasteiger partial charge on any atom is -0.363 e. The fraction of sp³-hybridized carbons (Fsp3) is 0.500. The van der Waals surface area contributed by atoms with Crippen molar-refractivity contribution in [2.24, 2.45) is 0 Å². The molecule has 0 aromatic heterocycles. The third kappa shape index (κ3) is 2.80. The first-order valence-corrected chi connectivity index (χ1v) is 8.36. The molecule has 1 spiro atoms. The van der Waals surface area contributed by atoms with E-state index in [0.29, 0.717) is 15.6 Å². The Bertz CT molecular complexity index is 522. The molecule has 108 valence electrons. The summed E-state index contributed by atoms with van der Waals surface area (Å²) in [6.45, 7) is 2.28. The standard InChI is InChI=1S/C14H15Cl2NO2S/c15-11-2-1-10(9-12(11)16)13(18)17-5-3-14(4-6-17)19-7-8-20-14/h1-2,9H,3-8H2. The Morgan fingerprint density at radius 3 is 2.60 bits per heavy atom. The molecule has 0 aliphatic carbocycles. The molecule has 0 atom stereocenters. The van der Waals surface area contributed by atoms with Gasteiger partial charge in [0.1, 0.15) is 4.93 Å². The number of hydrogen-bond acceptors (Lipinski definition) is 3. The lowest BCUT2D eigenvalue weighted by atomic mass is 10.1. The van der Waals surface area contributed by atoms with E-state index in [0.717, 1.165) is 38.3 Å². The molecule has 20 heavy (non-hydrogen) atoms. The molecule has 0 bridgehead atoms. The number of piperidine rings is 1. The average molecular weight is 332 g/mol. The maximum Gasteiger partial charge on any atom is 0.253 e. The van der Waals surface area contributed by atoms with Crippen LogP contribution in [0, 0.1) is 0 Å². The van der Waals surface area contributed by atoms with Gasteiger partial charge in [0.05, 0.1) is 16.7 Å². The van der Waals surface area contributed by atoms with Crippen molar-refractivity contribution in [2.75, 3.05) is 25.4 Å². The van der Waals surface area contributed by atoms with Crippen LogP contribution >= 0.6 is 35.0 Å². The maximum atomic E-state index is 12.4. The van der Waals surface area contributed by atoms with E-state index in [1.807, 2.05) is 16.7 Å². The number of benzene rings is 1. The summed E-state index contributed by atoms with van der Waals surface area (Å²) in [4.78, 5) is 14.3. The van der Waals surface area contributed by atoms with Crippen LogP contribution in [0.4, 0.5) is 0 Å². The Kier molecular flexibility index (Phi) is 4.18. The van der Waals surface area contributed by atoms with Crippen molar-refractivity contribution in [3.63, 3.8) is 0 Å². The van der Waals surface area contributed by atoms with Crippen molar-refractivity contribution in [3.8, 4) is 0 Å². The molecule has 3 rings (SSSR count). The Balaban J connectivity index is 1.68. The van der Waals surface area contributed by atoms with Crippen molar-refractivity contribution in [3.05, 3.63) is 33.8 Å². The number of likely N-dealkylation sites (tertiary alicyclic amines) is 1. The molecule has 6 heteroatoms. The van der Waals surface area contributed by atoms with Gasteiger partial charge >= 0.3 is 0 Å². The summed E-state index contributed by atoms with van der Waals surface area (Å²) in [5, 5.41) is 0.886. The molecule has 2 fully saturated rings. The van der Waals surface area contributed by atoms with Crippen LogP contribution in [0.1, 0.15) is 23.2 Å². The molecule has 0 N–H and O–H groups in total. The average Bonchev–Trinajstić information content (AvgIpc) is 2.90. The fourth-order valence-electron chi connectivity index (χ4n) is 2.65. The summed E-state index contributed by atoms with van der Waals surface area (Å²) in [6, 6.07) is 5.03. The van der Waals surface area contributed by atoms with E-state index in [9.17, 15) is 4.79 Å². The van der Waals surface area contributed by atoms with Gasteiger partial charge < -0.3 is 9.64 Å². The SMILES string of the molecule is O=C(c1ccc(Cl)c(Cl)c1)N1CCC2(CC1)OCCS2. The van der Waals surface area contributed by atoms with Crippen molar-refractivity contribution < 1.29 is 9.53 Å². The van der Waals surface area contributed by atoms with Crippen LogP contribution in [0.5, 0.6) is 0 Å². The first kappa shape index (κ1) is 14.5. The van der Waals surface area contributed by atoms with Crippen LogP contribution in [0.2, 0.25) is 10.0 Å². The van der Waals surface area contributed by atoms with Crippen LogP contribution in [0.25, 0.3) is 0 Å². The number of thioether (sulfide) groups is 1. The number of carbonyl (C=O) groups is 1. The first-order chi connectivity index (χ1) is 9.60. The van der Waals surface area contributed by atoms with Crippen molar-refractivity contribution in [2.45, 2.75) is 17.8 Å². The first-order valence-electron chi connectivity index (χ1n) is 6.62. The number of carbonyl (C=O) groups excluding carboxylic acids is 1. The Morgan fingerprint density at radius 2 is 2.00 bits per heavy atom. The summed E-state index contributed by atoms with van der Waals surface area (Å²) in [5.74, 6) is 1.07. The Morgan fingerprint density at radius 1 is 1.25 bits per heavy atom. The topological polar surface area (TPSA) is 29.5 Å². The summed E-state index contributed by atoms with van der Waals surface area (Å²) in [5.41, 5.74) is 0.593. The Hall–Kier alpha value is -0.420. The minimum atomic E-state index is -0.0472. The lowest BCUT2D eigenvalue weighted by molar-refractivity contribution is 0.00353. The van der Waals surface area contributed by atoms with Gasteiger partial charge in [-0.3, -0.25) is 4.79 Å². The van der Waals surface area contributed by atoms with E-state index >= 15 is 0 Å². The van der Waals surface area contributed by atoms with Gasteiger partial charge in [-0.15, -0.1) is 11.8 Å². The van der Waals surface area contributed by atoms with Crippen LogP contribution in [-0.2, 0) is 4.74 Å². The molecule has 2 aliphatic heterocycles. The predicted octanol–water partition coefficient (Wildman–Crippen LogP) is 3.69. The highest BCUT2D eigenvalue weighted by molar-refractivity contribution is 8.00. The van der Waals surface area contributed by atoms with Crippen LogP contribution < -0.4 is 0 Å². The molecule has 0 radical (unpaired) electrons. The summed E-state index contributed by atoms with van der Waals surface area (Å²) in [6.07, 6.45) is 1.79. The van der Waals surface area contributed by atoms with Gasteiger partial charge in [0, 0.05) is 37.2 Å². The lowest BCUT2D eigenvalue weighted by Crippen LogP contribution is -2.45. The third-order valence-corrected chi connectivity index (χ3v) is 5.95. The van der Waals surface area contributed by atoms with E-state index in [1.165, 1.54) is 0 Å². The van der Waals surface area contributed by atoms with Gasteiger partial charge in [-0.2, -0.15) is 0 Å². The van der Waals surface area contributed by atoms with E-state index in [-0.39, 0.29) is 10.8 Å². The number of halogens is 2. The maximum absolute atomic E-state index is 12.4. The molecule has 2 heterocycles. The molecule has 2 aliphatic rings. The molecule has 1 aromatic rings. The van der Waals surface area contributed by atoms with Crippen molar-refractivity contribution >= 4 is 40.9 Å². The number of ether oxygens (including phenoxy) is 1. The summed E-state index contributed by atoms with van der Waals surface area (Å²) in [7, 11) is 0. The molecular formula is C14H15Cl2NO2S. The monoisotopic (exact) mass is 331 g/mol. The smallest absolute Gasteiger partial charge is 0.253 e. The van der Waals surface area contributed by atoms with E-state index < -0.39 is 0 Å². The molecule has 1 aromatic carbocycles. The second-order valence-corrected chi connectivity index (χ2v) is 7.28. The molecule has 0 saturated carbocycles. The molecule has 3 nitrogen and oxygen atoms in total. The zero-order valence-electron chi connectivity index (χ0n) is 10.9. The number of rotatable bonds is 1. The van der Waals surface area contributed by atoms with Crippen molar-refractivity contribution in [1.29, 1.82) is 0 Å². The second-order valence-electron chi connectivity index (χ2n) is 5.03. The largest absolute Gasteiger partial charge is 0.363 e. The van der Waals surface area contributed by atoms with Gasteiger partial charge in [0.25, 0.3) is 5.91 Å². The van der Waals surface area contributed by atoms with E-state index in [1.54, 1.807) is 18.2 Å². The molecule has 0 unspecified atom stereocenters. The highest BCUT2D eigenvalue weighted by Gasteiger charge is 2.40. The van der Waals surface area contributed by atoms with Crippen LogP contribution in [0.15, 0.2) is 18.2 Å². The lowest BCUT2D eigenvalue weighted by Gasteiger charge is -2.37. The van der Waals surface area contributed by atoms with E-state index in [4.69, 9.17) is 27.9 Å². The van der Waals surface area contributed by atoms with Gasteiger partial charge in [-0.25, -0.2) is 0 Å². The predicted molar refractivity (Wildman–Crippen MR) is 82.7 cm³/mol. The summed E-state index contributed by atoms with van der Waals surface area (Å²) < 4.78 is 5.84. The number of amides is 1. The summed E-state index contributed by atoms with van der Waals surface area (Å²) >= 11 is 13.7. The molecular weight excluding hydrogens is 317 g/mol. The van der Waals surface area contributed by atoms with Gasteiger partial charge in [-0.05, 0) is 18.2 Å². The number of hydrogen-bond donors (Lipinski definition) is 0. The molecule has 2 saturated heterocycles. The third-order valence-electron chi connectivity index (χ3n) is 3.79. The highest BCUT2D eigenvalue weighted by atomic mass is 35.5. The normalized spacial score (nSPS) is 21.4. The quantitative estimate of drug-likeness (QED) is 0.786. The fourth-order valence-corrected chi connectivity index (χ4v) is 4.12. The molecule has 1 amide bonds. The Labute approximate surface area is 132 Å². The van der Waals surface area contributed by atoms with Crippen molar-refractivity contribution in [1.82, 2.24) is 4.90 Å². The second kappa shape index (κ2) is 5.76. The minimum absolute atomic E-state index is 0.0152. The van der Waals surface area contributed by atoms with Gasteiger partial charge in [-0.1, -0.05) is 23.2 Å². The van der Waals surface area contributed by atoms with Gasteiger partial charge in [0.2, 0.25) is 0 Å². The zero-order chi connectivity index (χ0) is 14.2. The number of nitrogens with zero attached hydrogens (tertiary/aromatic N) is 1. The highest BCUT2D eigenvalue weighted by Crippen LogP contribution is 2.41.